The van der Waals surface area contributed by atoms with Gasteiger partial charge in [0, 0.05) is 12.2 Å². The van der Waals surface area contributed by atoms with Crippen molar-refractivity contribution in [2.45, 2.75) is 19.0 Å². The summed E-state index contributed by atoms with van der Waals surface area (Å²) in [5.74, 6) is 0.123. The topological polar surface area (TPSA) is 42.1 Å². The van der Waals surface area contributed by atoms with E-state index in [0.29, 0.717) is 6.54 Å². The summed E-state index contributed by atoms with van der Waals surface area (Å²) >= 11 is 0. The quantitative estimate of drug-likeness (QED) is 0.870. The van der Waals surface area contributed by atoms with Crippen molar-refractivity contribution in [2.24, 2.45) is 0 Å². The Kier molecular flexibility index (Phi) is 3.23. The molecule has 0 aliphatic carbocycles. The van der Waals surface area contributed by atoms with E-state index in [0.717, 1.165) is 36.2 Å². The van der Waals surface area contributed by atoms with E-state index in [1.807, 2.05) is 24.3 Å². The number of anilines is 3. The van der Waals surface area contributed by atoms with Gasteiger partial charge in [-0.3, -0.25) is 0 Å². The zero-order valence-corrected chi connectivity index (χ0v) is 11.2. The van der Waals surface area contributed by atoms with E-state index in [4.69, 9.17) is 5.73 Å². The lowest BCUT2D eigenvalue weighted by Gasteiger charge is -2.30. The molecule has 0 bridgehead atoms. The Balaban J connectivity index is 2.08. The van der Waals surface area contributed by atoms with Gasteiger partial charge in [-0.05, 0) is 36.6 Å². The summed E-state index contributed by atoms with van der Waals surface area (Å²) in [6.07, 6.45) is -2.64. The average Bonchev–Trinajstić information content (AvgIpc) is 2.45. The van der Waals surface area contributed by atoms with Crippen molar-refractivity contribution in [1.82, 2.24) is 4.98 Å². The predicted molar refractivity (Wildman–Crippen MR) is 75.4 cm³/mol. The molecule has 0 atom stereocenters. The molecule has 6 heteroatoms. The molecule has 3 rings (SSSR count). The fourth-order valence-corrected chi connectivity index (χ4v) is 2.61. The van der Waals surface area contributed by atoms with E-state index >= 15 is 0 Å². The SMILES string of the molecule is Nc1cc(C(F)(F)F)cc(N2CCCc3ccccc32)n1. The van der Waals surface area contributed by atoms with Gasteiger partial charge in [-0.15, -0.1) is 0 Å². The van der Waals surface area contributed by atoms with Crippen LogP contribution in [0.1, 0.15) is 17.5 Å². The molecule has 110 valence electrons. The van der Waals surface area contributed by atoms with Crippen molar-refractivity contribution < 1.29 is 13.2 Å². The number of hydrogen-bond acceptors (Lipinski definition) is 3. The zero-order chi connectivity index (χ0) is 15.0. The molecule has 2 N–H and O–H groups in total. The summed E-state index contributed by atoms with van der Waals surface area (Å²) in [6.45, 7) is 0.630. The van der Waals surface area contributed by atoms with Crippen molar-refractivity contribution in [3.8, 4) is 0 Å². The Hall–Kier alpha value is -2.24. The van der Waals surface area contributed by atoms with Gasteiger partial charge in [-0.2, -0.15) is 13.2 Å². The van der Waals surface area contributed by atoms with Crippen molar-refractivity contribution in [1.29, 1.82) is 0 Å². The van der Waals surface area contributed by atoms with Gasteiger partial charge in [0.15, 0.2) is 0 Å². The van der Waals surface area contributed by atoms with E-state index in [-0.39, 0.29) is 11.6 Å². The first-order chi connectivity index (χ1) is 9.95. The van der Waals surface area contributed by atoms with Crippen LogP contribution in [0.4, 0.5) is 30.5 Å². The van der Waals surface area contributed by atoms with Crippen molar-refractivity contribution >= 4 is 17.3 Å². The smallest absolute Gasteiger partial charge is 0.384 e. The number of nitrogens with two attached hydrogens (primary N) is 1. The number of nitrogens with zero attached hydrogens (tertiary/aromatic N) is 2. The van der Waals surface area contributed by atoms with Crippen LogP contribution in [0, 0.1) is 0 Å². The zero-order valence-electron chi connectivity index (χ0n) is 11.2. The summed E-state index contributed by atoms with van der Waals surface area (Å²) < 4.78 is 38.7. The van der Waals surface area contributed by atoms with Crippen LogP contribution in [0.25, 0.3) is 0 Å². The number of aryl methyl sites for hydroxylation is 1. The Labute approximate surface area is 120 Å². The highest BCUT2D eigenvalue weighted by atomic mass is 19.4. The first-order valence-electron chi connectivity index (χ1n) is 6.65. The largest absolute Gasteiger partial charge is 0.416 e. The number of halogens is 3. The average molecular weight is 293 g/mol. The van der Waals surface area contributed by atoms with Crippen LogP contribution in [-0.2, 0) is 12.6 Å². The summed E-state index contributed by atoms with van der Waals surface area (Å²) in [6, 6.07) is 9.59. The molecule has 0 saturated heterocycles. The number of rotatable bonds is 1. The van der Waals surface area contributed by atoms with Crippen LogP contribution in [0.5, 0.6) is 0 Å². The molecular weight excluding hydrogens is 279 g/mol. The van der Waals surface area contributed by atoms with Crippen LogP contribution in [0.15, 0.2) is 36.4 Å². The number of pyridine rings is 1. The first-order valence-corrected chi connectivity index (χ1v) is 6.65. The molecule has 0 unspecified atom stereocenters. The molecule has 21 heavy (non-hydrogen) atoms. The summed E-state index contributed by atoms with van der Waals surface area (Å²) in [4.78, 5) is 5.87. The Morgan fingerprint density at radius 2 is 1.90 bits per heavy atom. The molecule has 3 nitrogen and oxygen atoms in total. The molecule has 0 radical (unpaired) electrons. The van der Waals surface area contributed by atoms with Gasteiger partial charge in [0.2, 0.25) is 0 Å². The second-order valence-electron chi connectivity index (χ2n) is 5.02. The number of fused-ring (bicyclic) bond motifs is 1. The van der Waals surface area contributed by atoms with E-state index in [1.165, 1.54) is 0 Å². The third-order valence-electron chi connectivity index (χ3n) is 3.55. The normalized spacial score (nSPS) is 14.9. The van der Waals surface area contributed by atoms with Crippen LogP contribution in [0.3, 0.4) is 0 Å². The van der Waals surface area contributed by atoms with Crippen LogP contribution in [-0.4, -0.2) is 11.5 Å². The monoisotopic (exact) mass is 293 g/mol. The Morgan fingerprint density at radius 3 is 2.67 bits per heavy atom. The second-order valence-corrected chi connectivity index (χ2v) is 5.02. The first kappa shape index (κ1) is 13.7. The fraction of sp³-hybridized carbons (Fsp3) is 0.267. The molecule has 1 aromatic carbocycles. The lowest BCUT2D eigenvalue weighted by molar-refractivity contribution is -0.137. The van der Waals surface area contributed by atoms with E-state index in [2.05, 4.69) is 4.98 Å². The van der Waals surface area contributed by atoms with Crippen molar-refractivity contribution in [3.05, 3.63) is 47.5 Å². The number of hydrogen-bond donors (Lipinski definition) is 1. The van der Waals surface area contributed by atoms with Gasteiger partial charge >= 0.3 is 6.18 Å². The Morgan fingerprint density at radius 1 is 1.14 bits per heavy atom. The summed E-state index contributed by atoms with van der Waals surface area (Å²) in [7, 11) is 0. The molecule has 0 saturated carbocycles. The Bertz CT molecular complexity index is 667. The minimum atomic E-state index is -4.43. The number of aromatic nitrogens is 1. The molecule has 0 fully saturated rings. The third-order valence-corrected chi connectivity index (χ3v) is 3.55. The summed E-state index contributed by atoms with van der Waals surface area (Å²) in [5, 5.41) is 0. The van der Waals surface area contributed by atoms with Gasteiger partial charge in [-0.25, -0.2) is 4.98 Å². The highest BCUT2D eigenvalue weighted by Crippen LogP contribution is 2.36. The van der Waals surface area contributed by atoms with E-state index in [9.17, 15) is 13.2 Å². The minimum absolute atomic E-state index is 0.122. The van der Waals surface area contributed by atoms with Gasteiger partial charge in [0.1, 0.15) is 11.6 Å². The molecule has 2 aromatic rings. The molecule has 2 heterocycles. The third kappa shape index (κ3) is 2.66. The van der Waals surface area contributed by atoms with Crippen molar-refractivity contribution in [3.63, 3.8) is 0 Å². The van der Waals surface area contributed by atoms with Gasteiger partial charge < -0.3 is 10.6 Å². The van der Waals surface area contributed by atoms with Gasteiger partial charge in [0.25, 0.3) is 0 Å². The van der Waals surface area contributed by atoms with Crippen molar-refractivity contribution in [2.75, 3.05) is 17.2 Å². The maximum atomic E-state index is 12.9. The fourth-order valence-electron chi connectivity index (χ4n) is 2.61. The molecule has 1 aliphatic heterocycles. The van der Waals surface area contributed by atoms with E-state index in [1.54, 1.807) is 4.90 Å². The van der Waals surface area contributed by atoms with Crippen LogP contribution in [0.2, 0.25) is 0 Å². The van der Waals surface area contributed by atoms with Gasteiger partial charge in [-0.1, -0.05) is 18.2 Å². The van der Waals surface area contributed by atoms with E-state index < -0.39 is 11.7 Å². The molecule has 1 aliphatic rings. The standard InChI is InChI=1S/C15H14F3N3/c16-15(17,18)11-8-13(19)20-14(9-11)21-7-3-5-10-4-1-2-6-12(10)21/h1-2,4,6,8-9H,3,5,7H2,(H2,19,20). The molecule has 1 aromatic heterocycles. The predicted octanol–water partition coefficient (Wildman–Crippen LogP) is 3.77. The minimum Gasteiger partial charge on any atom is -0.384 e. The van der Waals surface area contributed by atoms with Crippen LogP contribution >= 0.6 is 0 Å². The second kappa shape index (κ2) is 4.95. The maximum absolute atomic E-state index is 12.9. The maximum Gasteiger partial charge on any atom is 0.416 e. The lowest BCUT2D eigenvalue weighted by Crippen LogP contribution is -2.26. The van der Waals surface area contributed by atoms with Gasteiger partial charge in [0.05, 0.1) is 5.56 Å². The number of benzene rings is 1. The highest BCUT2D eigenvalue weighted by molar-refractivity contribution is 5.67. The lowest BCUT2D eigenvalue weighted by atomic mass is 10.0. The molecule has 0 spiro atoms. The number of alkyl halides is 3. The summed E-state index contributed by atoms with van der Waals surface area (Å²) in [5.41, 5.74) is 6.79. The molecular formula is C15H14F3N3. The highest BCUT2D eigenvalue weighted by Gasteiger charge is 2.32. The number of para-hydroxylation sites is 1. The number of nitrogen functional groups attached to an aromatic ring is 1. The molecule has 0 amide bonds. The van der Waals surface area contributed by atoms with Crippen LogP contribution < -0.4 is 10.6 Å².